The number of aromatic carboxylic acids is 1. The molecular weight excluding hydrogens is 402 g/mol. The number of sulfonamides is 1. The molecule has 8 nitrogen and oxygen atoms in total. The first kappa shape index (κ1) is 21.4. The van der Waals surface area contributed by atoms with Crippen LogP contribution in [0.25, 0.3) is 0 Å². The van der Waals surface area contributed by atoms with E-state index in [0.717, 1.165) is 17.3 Å². The summed E-state index contributed by atoms with van der Waals surface area (Å²) < 4.78 is 27.7. The molecule has 28 heavy (non-hydrogen) atoms. The van der Waals surface area contributed by atoms with Crippen LogP contribution in [0.4, 0.5) is 11.4 Å². The van der Waals surface area contributed by atoms with Gasteiger partial charge in [0.1, 0.15) is 0 Å². The van der Waals surface area contributed by atoms with Crippen molar-refractivity contribution in [3.63, 3.8) is 0 Å². The van der Waals surface area contributed by atoms with E-state index in [9.17, 15) is 18.3 Å². The molecule has 0 aliphatic heterocycles. The number of hydrogen-bond acceptors (Lipinski definition) is 7. The lowest BCUT2D eigenvalue weighted by Gasteiger charge is -2.12. The molecular formula is C18H19N3O5S2. The van der Waals surface area contributed by atoms with Crippen molar-refractivity contribution in [2.45, 2.75) is 16.3 Å². The standard InChI is InChI=1S/C12H12N2O5S2.C6H7N/c13-21(17,18)11-3-8(12(15)16)9(4-10(11)20)14-5-7-1-2-19-6-7;7-6-4-2-1-3-5-6/h1-4,6,14,20H,5H2,(H,15,16)(H2,13,17,18);1-5H,7H2. The number of nitrogens with one attached hydrogen (secondary N) is 1. The van der Waals surface area contributed by atoms with E-state index < -0.39 is 16.0 Å². The van der Waals surface area contributed by atoms with E-state index in [4.69, 9.17) is 15.3 Å². The molecule has 0 aliphatic rings. The lowest BCUT2D eigenvalue weighted by atomic mass is 10.1. The molecule has 6 N–H and O–H groups in total. The number of nitrogen functional groups attached to an aromatic ring is 1. The number of furan rings is 1. The Balaban J connectivity index is 0.000000336. The highest BCUT2D eigenvalue weighted by Gasteiger charge is 2.19. The molecule has 1 heterocycles. The Morgan fingerprint density at radius 1 is 1.18 bits per heavy atom. The van der Waals surface area contributed by atoms with Crippen LogP contribution in [0.15, 0.2) is 75.3 Å². The molecule has 0 radical (unpaired) electrons. The third kappa shape index (κ3) is 6.05. The number of thiol groups is 1. The molecule has 0 unspecified atom stereocenters. The van der Waals surface area contributed by atoms with E-state index >= 15 is 0 Å². The number of carboxylic acids is 1. The van der Waals surface area contributed by atoms with Gasteiger partial charge >= 0.3 is 5.97 Å². The van der Waals surface area contributed by atoms with Gasteiger partial charge in [-0.1, -0.05) is 18.2 Å². The summed E-state index contributed by atoms with van der Waals surface area (Å²) >= 11 is 4.03. The number of nitrogens with two attached hydrogens (primary N) is 2. The molecule has 0 spiro atoms. The molecule has 3 rings (SSSR count). The highest BCUT2D eigenvalue weighted by atomic mass is 32.2. The summed E-state index contributed by atoms with van der Waals surface area (Å²) in [5.74, 6) is -1.28. The van der Waals surface area contributed by atoms with Crippen LogP contribution in [-0.4, -0.2) is 19.5 Å². The molecule has 0 amide bonds. The van der Waals surface area contributed by atoms with Gasteiger partial charge in [-0.3, -0.25) is 0 Å². The van der Waals surface area contributed by atoms with Gasteiger partial charge in [-0.05, 0) is 30.3 Å². The van der Waals surface area contributed by atoms with E-state index in [2.05, 4.69) is 17.9 Å². The number of hydrogen-bond donors (Lipinski definition) is 5. The van der Waals surface area contributed by atoms with E-state index in [0.29, 0.717) is 6.54 Å². The zero-order chi connectivity index (χ0) is 20.7. The lowest BCUT2D eigenvalue weighted by Crippen LogP contribution is -2.15. The molecule has 1 aromatic heterocycles. The van der Waals surface area contributed by atoms with E-state index in [-0.39, 0.29) is 21.0 Å². The zero-order valence-corrected chi connectivity index (χ0v) is 16.3. The fourth-order valence-electron chi connectivity index (χ4n) is 2.16. The summed E-state index contributed by atoms with van der Waals surface area (Å²) in [5, 5.41) is 17.1. The van der Waals surface area contributed by atoms with Gasteiger partial charge in [-0.25, -0.2) is 18.4 Å². The van der Waals surface area contributed by atoms with Crippen LogP contribution in [-0.2, 0) is 16.6 Å². The predicted octanol–water partition coefficient (Wildman–Crippen LogP) is 2.79. The third-order valence-corrected chi connectivity index (χ3v) is 4.97. The van der Waals surface area contributed by atoms with Crippen molar-refractivity contribution < 1.29 is 22.7 Å². The van der Waals surface area contributed by atoms with Crippen LogP contribution in [0.5, 0.6) is 0 Å². The van der Waals surface area contributed by atoms with Gasteiger partial charge in [0, 0.05) is 22.7 Å². The Hall–Kier alpha value is -2.95. The monoisotopic (exact) mass is 421 g/mol. The molecule has 0 atom stereocenters. The number of anilines is 2. The number of carboxylic acid groups (broad SMARTS) is 1. The maximum atomic E-state index is 11.4. The summed E-state index contributed by atoms with van der Waals surface area (Å²) in [6.45, 7) is 0.318. The van der Waals surface area contributed by atoms with Gasteiger partial charge in [-0.2, -0.15) is 0 Å². The van der Waals surface area contributed by atoms with Crippen LogP contribution in [0.1, 0.15) is 15.9 Å². The minimum absolute atomic E-state index is 0.0668. The molecule has 10 heteroatoms. The van der Waals surface area contributed by atoms with Crippen LogP contribution < -0.4 is 16.2 Å². The summed E-state index contributed by atoms with van der Waals surface area (Å²) in [4.78, 5) is 11.0. The van der Waals surface area contributed by atoms with Crippen molar-refractivity contribution in [3.8, 4) is 0 Å². The van der Waals surface area contributed by atoms with Gasteiger partial charge in [0.05, 0.1) is 28.7 Å². The minimum atomic E-state index is -4.05. The zero-order valence-electron chi connectivity index (χ0n) is 14.6. The van der Waals surface area contributed by atoms with Crippen molar-refractivity contribution >= 4 is 40.0 Å². The second-order valence-corrected chi connectivity index (χ2v) is 7.62. The predicted molar refractivity (Wildman–Crippen MR) is 109 cm³/mol. The van der Waals surface area contributed by atoms with Crippen molar-refractivity contribution in [1.29, 1.82) is 0 Å². The quantitative estimate of drug-likeness (QED) is 0.314. The van der Waals surface area contributed by atoms with Crippen LogP contribution >= 0.6 is 12.6 Å². The van der Waals surface area contributed by atoms with Gasteiger partial charge in [0.2, 0.25) is 10.0 Å². The number of primary sulfonamides is 1. The van der Waals surface area contributed by atoms with Crippen molar-refractivity contribution in [1.82, 2.24) is 0 Å². The first-order chi connectivity index (χ1) is 13.2. The summed E-state index contributed by atoms with van der Waals surface area (Å²) in [6, 6.07) is 13.5. The fourth-order valence-corrected chi connectivity index (χ4v) is 3.37. The number of carbonyl (C=O) groups is 1. The van der Waals surface area contributed by atoms with Gasteiger partial charge in [0.15, 0.2) is 0 Å². The van der Waals surface area contributed by atoms with Gasteiger partial charge in [0.25, 0.3) is 0 Å². The maximum absolute atomic E-state index is 11.4. The smallest absolute Gasteiger partial charge is 0.337 e. The highest BCUT2D eigenvalue weighted by Crippen LogP contribution is 2.27. The average molecular weight is 422 g/mol. The Bertz CT molecular complexity index is 1040. The molecule has 0 saturated heterocycles. The average Bonchev–Trinajstić information content (AvgIpc) is 3.13. The van der Waals surface area contributed by atoms with Crippen molar-refractivity contribution in [2.75, 3.05) is 11.1 Å². The number of rotatable bonds is 5. The number of para-hydroxylation sites is 1. The topological polar surface area (TPSA) is 149 Å². The molecule has 148 valence electrons. The van der Waals surface area contributed by atoms with Crippen molar-refractivity contribution in [3.05, 3.63) is 72.2 Å². The molecule has 0 aliphatic carbocycles. The second kappa shape index (κ2) is 9.31. The van der Waals surface area contributed by atoms with E-state index in [1.54, 1.807) is 6.07 Å². The summed E-state index contributed by atoms with van der Waals surface area (Å²) in [5.41, 5.74) is 7.02. The second-order valence-electron chi connectivity index (χ2n) is 5.61. The SMILES string of the molecule is NS(=O)(=O)c1cc(C(=O)O)c(NCc2ccoc2)cc1S.Nc1ccccc1. The van der Waals surface area contributed by atoms with Crippen LogP contribution in [0.2, 0.25) is 0 Å². The summed E-state index contributed by atoms with van der Waals surface area (Å²) in [6.07, 6.45) is 3.00. The molecule has 0 bridgehead atoms. The fraction of sp³-hybridized carbons (Fsp3) is 0.0556. The third-order valence-electron chi connectivity index (χ3n) is 3.50. The molecule has 3 aromatic rings. The summed E-state index contributed by atoms with van der Waals surface area (Å²) in [7, 11) is -4.05. The Morgan fingerprint density at radius 2 is 1.86 bits per heavy atom. The number of benzene rings is 2. The first-order valence-corrected chi connectivity index (χ1v) is 9.86. The highest BCUT2D eigenvalue weighted by molar-refractivity contribution is 7.90. The maximum Gasteiger partial charge on any atom is 0.337 e. The Morgan fingerprint density at radius 3 is 2.32 bits per heavy atom. The molecule has 0 fully saturated rings. The van der Waals surface area contributed by atoms with Crippen LogP contribution in [0.3, 0.4) is 0 Å². The Kier molecular flexibility index (Phi) is 7.10. The van der Waals surface area contributed by atoms with Crippen molar-refractivity contribution in [2.24, 2.45) is 5.14 Å². The first-order valence-electron chi connectivity index (χ1n) is 7.87. The molecule has 2 aromatic carbocycles. The molecule has 0 saturated carbocycles. The van der Waals surface area contributed by atoms with Crippen LogP contribution in [0, 0.1) is 0 Å². The largest absolute Gasteiger partial charge is 0.478 e. The van der Waals surface area contributed by atoms with Gasteiger partial charge in [-0.15, -0.1) is 12.6 Å². The lowest BCUT2D eigenvalue weighted by molar-refractivity contribution is 0.0697. The Labute approximate surface area is 167 Å². The van der Waals surface area contributed by atoms with E-state index in [1.807, 2.05) is 30.3 Å². The van der Waals surface area contributed by atoms with Gasteiger partial charge < -0.3 is 20.6 Å². The minimum Gasteiger partial charge on any atom is -0.478 e. The normalized spacial score (nSPS) is 10.6. The van der Waals surface area contributed by atoms with E-state index in [1.165, 1.54) is 18.6 Å².